The molecule has 30 heavy (non-hydrogen) atoms. The lowest BCUT2D eigenvalue weighted by Gasteiger charge is -2.23. The minimum atomic E-state index is -0.290. The van der Waals surface area contributed by atoms with Gasteiger partial charge in [0.2, 0.25) is 5.91 Å². The summed E-state index contributed by atoms with van der Waals surface area (Å²) in [7, 11) is 0. The molecule has 7 nitrogen and oxygen atoms in total. The molecule has 158 valence electrons. The van der Waals surface area contributed by atoms with Crippen molar-refractivity contribution in [2.45, 2.75) is 60.0 Å². The van der Waals surface area contributed by atoms with Gasteiger partial charge in [-0.3, -0.25) is 14.3 Å². The molecule has 0 spiro atoms. The number of ketones is 1. The molecule has 0 fully saturated rings. The van der Waals surface area contributed by atoms with Gasteiger partial charge in [0.1, 0.15) is 5.82 Å². The van der Waals surface area contributed by atoms with Crippen LogP contribution in [0.25, 0.3) is 11.1 Å². The fraction of sp³-hybridized carbons (Fsp3) is 0.391. The molecular weight excluding hydrogens is 378 g/mol. The molecule has 1 aromatic carbocycles. The molecule has 2 aromatic heterocycles. The highest BCUT2D eigenvalue weighted by molar-refractivity contribution is 5.96. The molecule has 0 aliphatic heterocycles. The van der Waals surface area contributed by atoms with Crippen LogP contribution in [0.1, 0.15) is 55.9 Å². The highest BCUT2D eigenvalue weighted by Gasteiger charge is 2.23. The van der Waals surface area contributed by atoms with Gasteiger partial charge in [0.15, 0.2) is 5.78 Å². The van der Waals surface area contributed by atoms with Gasteiger partial charge in [-0.15, -0.1) is 0 Å². The number of carbonyl (C=O) groups is 2. The van der Waals surface area contributed by atoms with Gasteiger partial charge in [-0.1, -0.05) is 30.3 Å². The van der Waals surface area contributed by atoms with E-state index in [4.69, 9.17) is 0 Å². The highest BCUT2D eigenvalue weighted by atomic mass is 16.1. The Morgan fingerprint density at radius 1 is 1.10 bits per heavy atom. The van der Waals surface area contributed by atoms with Gasteiger partial charge in [0, 0.05) is 24.2 Å². The van der Waals surface area contributed by atoms with Crippen LogP contribution in [0.4, 0.5) is 5.82 Å². The van der Waals surface area contributed by atoms with Crippen LogP contribution in [-0.2, 0) is 16.9 Å². The maximum absolute atomic E-state index is 12.8. The van der Waals surface area contributed by atoms with Crippen molar-refractivity contribution in [1.29, 1.82) is 0 Å². The number of Topliss-reactive ketones (excluding diaryl/α,β-unsaturated/α-hetero) is 1. The van der Waals surface area contributed by atoms with E-state index < -0.39 is 0 Å². The number of hydrogen-bond acceptors (Lipinski definition) is 4. The van der Waals surface area contributed by atoms with Gasteiger partial charge in [-0.05, 0) is 47.1 Å². The van der Waals surface area contributed by atoms with Crippen LogP contribution in [0.5, 0.6) is 0 Å². The number of nitrogens with one attached hydrogen (secondary N) is 1. The third-order valence-corrected chi connectivity index (χ3v) is 5.03. The second-order valence-electron chi connectivity index (χ2n) is 8.48. The predicted molar refractivity (Wildman–Crippen MR) is 118 cm³/mol. The first-order chi connectivity index (χ1) is 14.1. The summed E-state index contributed by atoms with van der Waals surface area (Å²) in [4.78, 5) is 24.6. The van der Waals surface area contributed by atoms with Crippen LogP contribution in [-0.4, -0.2) is 31.3 Å². The lowest BCUT2D eigenvalue weighted by Crippen LogP contribution is -2.27. The fourth-order valence-electron chi connectivity index (χ4n) is 3.63. The first-order valence-electron chi connectivity index (χ1n) is 10.1. The predicted octanol–water partition coefficient (Wildman–Crippen LogP) is 4.35. The van der Waals surface area contributed by atoms with Gasteiger partial charge >= 0.3 is 0 Å². The van der Waals surface area contributed by atoms with Gasteiger partial charge in [0.05, 0.1) is 23.0 Å². The Balaban J connectivity index is 1.82. The zero-order valence-electron chi connectivity index (χ0n) is 18.5. The molecule has 3 rings (SSSR count). The Morgan fingerprint density at radius 2 is 1.77 bits per heavy atom. The molecule has 0 atom stereocenters. The molecule has 1 N–H and O–H groups in total. The summed E-state index contributed by atoms with van der Waals surface area (Å²) >= 11 is 0. The maximum atomic E-state index is 12.8. The van der Waals surface area contributed by atoms with Crippen molar-refractivity contribution in [1.82, 2.24) is 19.6 Å². The number of aryl methyl sites for hydroxylation is 2. The molecule has 1 amide bonds. The summed E-state index contributed by atoms with van der Waals surface area (Å²) in [6, 6.07) is 9.88. The van der Waals surface area contributed by atoms with Gasteiger partial charge < -0.3 is 5.32 Å². The summed E-state index contributed by atoms with van der Waals surface area (Å²) in [5.41, 5.74) is 3.70. The minimum absolute atomic E-state index is 0.0118. The fourth-order valence-corrected chi connectivity index (χ4v) is 3.63. The summed E-state index contributed by atoms with van der Waals surface area (Å²) in [5.74, 6) is 0.536. The summed E-state index contributed by atoms with van der Waals surface area (Å²) in [5, 5.41) is 12.0. The van der Waals surface area contributed by atoms with Crippen LogP contribution in [0.15, 0.2) is 36.5 Å². The third-order valence-electron chi connectivity index (χ3n) is 5.03. The first kappa shape index (κ1) is 21.5. The van der Waals surface area contributed by atoms with Crippen molar-refractivity contribution in [2.75, 3.05) is 5.32 Å². The van der Waals surface area contributed by atoms with E-state index in [0.29, 0.717) is 23.6 Å². The molecular formula is C23H29N5O2. The number of anilines is 1. The molecule has 0 saturated heterocycles. The number of hydrogen-bond donors (Lipinski definition) is 1. The van der Waals surface area contributed by atoms with Crippen LogP contribution >= 0.6 is 0 Å². The van der Waals surface area contributed by atoms with Crippen molar-refractivity contribution < 1.29 is 9.59 Å². The van der Waals surface area contributed by atoms with E-state index in [0.717, 1.165) is 16.8 Å². The Hall–Kier alpha value is -3.22. The highest BCUT2D eigenvalue weighted by Crippen LogP contribution is 2.31. The molecule has 0 aliphatic rings. The third kappa shape index (κ3) is 4.35. The molecule has 0 bridgehead atoms. The minimum Gasteiger partial charge on any atom is -0.310 e. The van der Waals surface area contributed by atoms with Crippen molar-refractivity contribution in [3.8, 4) is 11.1 Å². The number of rotatable bonds is 6. The Bertz CT molecular complexity index is 1070. The second kappa shape index (κ2) is 8.26. The number of carbonyl (C=O) groups excluding carboxylic acids is 2. The van der Waals surface area contributed by atoms with Crippen LogP contribution in [0, 0.1) is 13.8 Å². The van der Waals surface area contributed by atoms with Crippen molar-refractivity contribution in [3.63, 3.8) is 0 Å². The average molecular weight is 408 g/mol. The SMILES string of the molecule is CC(=O)c1c(C)nn(CCC(=O)Nc2c(-c3ccccc3)cnn2C(C)(C)C)c1C. The molecule has 0 radical (unpaired) electrons. The number of amides is 1. The average Bonchev–Trinajstić information content (AvgIpc) is 3.21. The van der Waals surface area contributed by atoms with E-state index in [9.17, 15) is 9.59 Å². The quantitative estimate of drug-likeness (QED) is 0.616. The largest absolute Gasteiger partial charge is 0.310 e. The Kier molecular flexibility index (Phi) is 5.92. The summed E-state index contributed by atoms with van der Waals surface area (Å²) in [6.45, 7) is 11.7. The van der Waals surface area contributed by atoms with E-state index in [2.05, 4.69) is 15.5 Å². The Morgan fingerprint density at radius 3 is 2.33 bits per heavy atom. The zero-order chi connectivity index (χ0) is 22.1. The van der Waals surface area contributed by atoms with E-state index >= 15 is 0 Å². The topological polar surface area (TPSA) is 81.8 Å². The van der Waals surface area contributed by atoms with Gasteiger partial charge in [-0.25, -0.2) is 4.68 Å². The van der Waals surface area contributed by atoms with E-state index in [1.807, 2.05) is 69.6 Å². The van der Waals surface area contributed by atoms with Crippen LogP contribution in [0.3, 0.4) is 0 Å². The molecule has 0 unspecified atom stereocenters. The molecule has 3 aromatic rings. The van der Waals surface area contributed by atoms with Gasteiger partial charge in [-0.2, -0.15) is 10.2 Å². The number of benzene rings is 1. The van der Waals surface area contributed by atoms with Gasteiger partial charge in [0.25, 0.3) is 0 Å². The lowest BCUT2D eigenvalue weighted by atomic mass is 10.1. The summed E-state index contributed by atoms with van der Waals surface area (Å²) in [6.07, 6.45) is 2.03. The number of aromatic nitrogens is 4. The second-order valence-corrected chi connectivity index (χ2v) is 8.48. The molecule has 7 heteroatoms. The van der Waals surface area contributed by atoms with Crippen LogP contribution in [0.2, 0.25) is 0 Å². The zero-order valence-corrected chi connectivity index (χ0v) is 18.5. The summed E-state index contributed by atoms with van der Waals surface area (Å²) < 4.78 is 3.56. The van der Waals surface area contributed by atoms with Crippen molar-refractivity contribution in [3.05, 3.63) is 53.5 Å². The smallest absolute Gasteiger partial charge is 0.227 e. The Labute approximate surface area is 177 Å². The molecule has 2 heterocycles. The molecule has 0 aliphatic carbocycles. The van der Waals surface area contributed by atoms with Crippen molar-refractivity contribution in [2.24, 2.45) is 0 Å². The maximum Gasteiger partial charge on any atom is 0.227 e. The standard InChI is InChI=1S/C23H29N5O2/c1-15-21(17(3)29)16(2)27(26-15)13-12-20(30)25-22-19(18-10-8-7-9-11-18)14-24-28(22)23(4,5)6/h7-11,14H,12-13H2,1-6H3,(H,25,30). The molecule has 0 saturated carbocycles. The van der Waals surface area contributed by atoms with Crippen LogP contribution < -0.4 is 5.32 Å². The van der Waals surface area contributed by atoms with E-state index in [-0.39, 0.29) is 23.7 Å². The number of nitrogens with zero attached hydrogens (tertiary/aromatic N) is 4. The van der Waals surface area contributed by atoms with E-state index in [1.54, 1.807) is 10.9 Å². The monoisotopic (exact) mass is 407 g/mol. The van der Waals surface area contributed by atoms with E-state index in [1.165, 1.54) is 6.92 Å². The normalized spacial score (nSPS) is 11.5. The lowest BCUT2D eigenvalue weighted by molar-refractivity contribution is -0.116. The van der Waals surface area contributed by atoms with Crippen molar-refractivity contribution >= 4 is 17.5 Å². The first-order valence-corrected chi connectivity index (χ1v) is 10.1.